The lowest BCUT2D eigenvalue weighted by atomic mass is 10.1. The number of fused-ring (bicyclic) bond motifs is 2. The molecule has 2 aromatic carbocycles. The zero-order valence-electron chi connectivity index (χ0n) is 14.0. The number of H-pyrrole nitrogens is 1. The van der Waals surface area contributed by atoms with E-state index in [2.05, 4.69) is 10.1 Å². The van der Waals surface area contributed by atoms with E-state index in [4.69, 9.17) is 10.5 Å². The molecule has 4 rings (SSSR count). The van der Waals surface area contributed by atoms with Gasteiger partial charge in [-0.15, -0.1) is 0 Å². The number of benzene rings is 2. The van der Waals surface area contributed by atoms with Gasteiger partial charge in [0.2, 0.25) is 0 Å². The number of nitrogens with one attached hydrogen (secondary N) is 1. The fourth-order valence-corrected chi connectivity index (χ4v) is 3.12. The molecule has 26 heavy (non-hydrogen) atoms. The van der Waals surface area contributed by atoms with Crippen LogP contribution in [0.15, 0.2) is 53.5 Å². The number of rotatable bonds is 4. The van der Waals surface area contributed by atoms with Gasteiger partial charge in [-0.3, -0.25) is 9.59 Å². The van der Waals surface area contributed by atoms with Gasteiger partial charge in [-0.2, -0.15) is 5.10 Å². The van der Waals surface area contributed by atoms with Gasteiger partial charge in [-0.25, -0.2) is 4.52 Å². The van der Waals surface area contributed by atoms with Crippen LogP contribution in [0.4, 0.5) is 0 Å². The largest absolute Gasteiger partial charge is 0.380 e. The Kier molecular flexibility index (Phi) is 3.78. The van der Waals surface area contributed by atoms with Crippen LogP contribution in [0.2, 0.25) is 0 Å². The van der Waals surface area contributed by atoms with Crippen LogP contribution >= 0.6 is 0 Å². The molecule has 0 radical (unpaired) electrons. The van der Waals surface area contributed by atoms with Crippen molar-refractivity contribution in [2.24, 2.45) is 5.73 Å². The molecule has 7 heteroatoms. The highest BCUT2D eigenvalue weighted by Gasteiger charge is 2.20. The van der Waals surface area contributed by atoms with Crippen molar-refractivity contribution in [2.45, 2.75) is 6.61 Å². The molecule has 3 N–H and O–H groups in total. The molecule has 2 aromatic heterocycles. The smallest absolute Gasteiger partial charge is 0.274 e. The Hall–Kier alpha value is -3.45. The van der Waals surface area contributed by atoms with Gasteiger partial charge in [0.05, 0.1) is 18.5 Å². The molecule has 7 nitrogen and oxygen atoms in total. The van der Waals surface area contributed by atoms with Crippen LogP contribution in [0.5, 0.6) is 0 Å². The van der Waals surface area contributed by atoms with Crippen LogP contribution in [0.1, 0.15) is 16.1 Å². The summed E-state index contributed by atoms with van der Waals surface area (Å²) in [5.74, 6) is -0.701. The summed E-state index contributed by atoms with van der Waals surface area (Å²) in [5, 5.41) is 6.35. The third-order valence-electron chi connectivity index (χ3n) is 4.31. The number of amides is 1. The van der Waals surface area contributed by atoms with E-state index in [1.165, 1.54) is 11.6 Å². The van der Waals surface area contributed by atoms with Crippen LogP contribution in [-0.4, -0.2) is 27.6 Å². The first kappa shape index (κ1) is 16.0. The molecule has 0 saturated carbocycles. The second kappa shape index (κ2) is 6.12. The number of aromatic nitrogens is 3. The molecule has 0 unspecified atom stereocenters. The Labute approximate surface area is 148 Å². The van der Waals surface area contributed by atoms with E-state index in [9.17, 15) is 9.59 Å². The summed E-state index contributed by atoms with van der Waals surface area (Å²) < 4.78 is 6.48. The Morgan fingerprint density at radius 2 is 2.00 bits per heavy atom. The van der Waals surface area contributed by atoms with Crippen molar-refractivity contribution < 1.29 is 9.53 Å². The lowest BCUT2D eigenvalue weighted by Crippen LogP contribution is -2.15. The van der Waals surface area contributed by atoms with Gasteiger partial charge in [-0.05, 0) is 16.8 Å². The lowest BCUT2D eigenvalue weighted by molar-refractivity contribution is 0.0990. The Bertz CT molecular complexity index is 1210. The van der Waals surface area contributed by atoms with E-state index in [1.807, 2.05) is 42.5 Å². The molecule has 0 aliphatic rings. The second-order valence-corrected chi connectivity index (χ2v) is 5.98. The topological polar surface area (TPSA) is 102 Å². The van der Waals surface area contributed by atoms with Crippen molar-refractivity contribution in [3.05, 3.63) is 70.3 Å². The molecule has 0 atom stereocenters. The van der Waals surface area contributed by atoms with Gasteiger partial charge in [-0.1, -0.05) is 36.4 Å². The fourth-order valence-electron chi connectivity index (χ4n) is 3.12. The van der Waals surface area contributed by atoms with E-state index in [0.717, 1.165) is 16.3 Å². The number of carbonyl (C=O) groups is 1. The van der Waals surface area contributed by atoms with E-state index in [1.54, 1.807) is 6.20 Å². The summed E-state index contributed by atoms with van der Waals surface area (Å²) in [7, 11) is 1.48. The monoisotopic (exact) mass is 348 g/mol. The minimum Gasteiger partial charge on any atom is -0.380 e. The summed E-state index contributed by atoms with van der Waals surface area (Å²) >= 11 is 0. The zero-order chi connectivity index (χ0) is 18.3. The van der Waals surface area contributed by atoms with E-state index >= 15 is 0 Å². The SMILES string of the molecule is COCc1c(C(N)=O)nn2cc(-c3ccc4ccccc4c3)[nH]c(=O)c12. The Morgan fingerprint density at radius 1 is 1.23 bits per heavy atom. The van der Waals surface area contributed by atoms with Gasteiger partial charge >= 0.3 is 0 Å². The molecule has 4 aromatic rings. The number of nitrogens with two attached hydrogens (primary N) is 1. The highest BCUT2D eigenvalue weighted by atomic mass is 16.5. The van der Waals surface area contributed by atoms with Crippen LogP contribution in [-0.2, 0) is 11.3 Å². The molecule has 2 heterocycles. The maximum absolute atomic E-state index is 12.6. The lowest BCUT2D eigenvalue weighted by Gasteiger charge is -2.05. The van der Waals surface area contributed by atoms with Gasteiger partial charge in [0.15, 0.2) is 5.69 Å². The van der Waals surface area contributed by atoms with E-state index in [0.29, 0.717) is 11.3 Å². The summed E-state index contributed by atoms with van der Waals surface area (Å²) in [6.45, 7) is 0.0696. The molecule has 0 fully saturated rings. The molecule has 130 valence electrons. The highest BCUT2D eigenvalue weighted by Crippen LogP contribution is 2.23. The maximum Gasteiger partial charge on any atom is 0.274 e. The Balaban J connectivity index is 1.94. The van der Waals surface area contributed by atoms with Crippen molar-refractivity contribution in [1.29, 1.82) is 0 Å². The van der Waals surface area contributed by atoms with E-state index < -0.39 is 5.91 Å². The summed E-state index contributed by atoms with van der Waals surface area (Å²) in [5.41, 5.74) is 7.13. The number of methoxy groups -OCH3 is 1. The predicted molar refractivity (Wildman–Crippen MR) is 98.0 cm³/mol. The quantitative estimate of drug-likeness (QED) is 0.589. The third-order valence-corrected chi connectivity index (χ3v) is 4.31. The molecular weight excluding hydrogens is 332 g/mol. The number of hydrogen-bond donors (Lipinski definition) is 2. The highest BCUT2D eigenvalue weighted by molar-refractivity contribution is 5.94. The Morgan fingerprint density at radius 3 is 2.73 bits per heavy atom. The number of carbonyl (C=O) groups excluding carboxylic acids is 1. The van der Waals surface area contributed by atoms with Crippen molar-refractivity contribution in [3.63, 3.8) is 0 Å². The van der Waals surface area contributed by atoms with E-state index in [-0.39, 0.29) is 23.4 Å². The first-order chi connectivity index (χ1) is 12.6. The first-order valence-corrected chi connectivity index (χ1v) is 8.01. The molecule has 0 aliphatic heterocycles. The molecule has 1 amide bonds. The standard InChI is InChI=1S/C19H16N4O3/c1-26-10-14-16(18(20)24)22-23-9-15(21-19(25)17(14)23)13-7-6-11-4-2-3-5-12(11)8-13/h2-9H,10H2,1H3,(H2,20,24)(H,21,25). The van der Waals surface area contributed by atoms with Crippen molar-refractivity contribution in [1.82, 2.24) is 14.6 Å². The number of aromatic amines is 1. The molecular formula is C19H16N4O3. The average Bonchev–Trinajstić information content (AvgIpc) is 3.01. The fraction of sp³-hybridized carbons (Fsp3) is 0.105. The van der Waals surface area contributed by atoms with Gasteiger partial charge < -0.3 is 15.5 Å². The van der Waals surface area contributed by atoms with Crippen molar-refractivity contribution >= 4 is 22.2 Å². The van der Waals surface area contributed by atoms with Gasteiger partial charge in [0.1, 0.15) is 5.52 Å². The van der Waals surface area contributed by atoms with Crippen molar-refractivity contribution in [3.8, 4) is 11.3 Å². The average molecular weight is 348 g/mol. The number of hydrogen-bond acceptors (Lipinski definition) is 4. The minimum atomic E-state index is -0.701. The third kappa shape index (κ3) is 2.55. The van der Waals surface area contributed by atoms with Gasteiger partial charge in [0.25, 0.3) is 11.5 Å². The number of nitrogens with zero attached hydrogens (tertiary/aromatic N) is 2. The van der Waals surface area contributed by atoms with Gasteiger partial charge in [0, 0.05) is 18.2 Å². The van der Waals surface area contributed by atoms with Crippen molar-refractivity contribution in [2.75, 3.05) is 7.11 Å². The molecule has 0 spiro atoms. The van der Waals surface area contributed by atoms with Crippen LogP contribution < -0.4 is 11.3 Å². The van der Waals surface area contributed by atoms with Crippen LogP contribution in [0.3, 0.4) is 0 Å². The summed E-state index contributed by atoms with van der Waals surface area (Å²) in [6.07, 6.45) is 1.67. The van der Waals surface area contributed by atoms with Crippen LogP contribution in [0, 0.1) is 0 Å². The summed E-state index contributed by atoms with van der Waals surface area (Å²) in [6, 6.07) is 13.9. The number of ether oxygens (including phenoxy) is 1. The van der Waals surface area contributed by atoms with Crippen LogP contribution in [0.25, 0.3) is 27.5 Å². The minimum absolute atomic E-state index is 0.0352. The first-order valence-electron chi connectivity index (χ1n) is 8.01. The maximum atomic E-state index is 12.6. The molecule has 0 bridgehead atoms. The molecule has 0 aliphatic carbocycles. The molecule has 0 saturated heterocycles. The zero-order valence-corrected chi connectivity index (χ0v) is 14.0. The number of primary amides is 1. The predicted octanol–water partition coefficient (Wildman–Crippen LogP) is 2.09. The summed E-state index contributed by atoms with van der Waals surface area (Å²) in [4.78, 5) is 27.2. The normalized spacial score (nSPS) is 11.3. The second-order valence-electron chi connectivity index (χ2n) is 5.98.